The van der Waals surface area contributed by atoms with Crippen LogP contribution in [0.1, 0.15) is 15.9 Å². The van der Waals surface area contributed by atoms with Gasteiger partial charge in [0.25, 0.3) is 21.8 Å². The maximum absolute atomic E-state index is 12.0. The van der Waals surface area contributed by atoms with E-state index in [9.17, 15) is 22.8 Å². The topological polar surface area (TPSA) is 133 Å². The van der Waals surface area contributed by atoms with Crippen molar-refractivity contribution in [1.29, 1.82) is 0 Å². The van der Waals surface area contributed by atoms with Crippen LogP contribution in [-0.4, -0.2) is 32.8 Å². The Hall–Kier alpha value is -3.40. The Labute approximate surface area is 156 Å². The van der Waals surface area contributed by atoms with Crippen LogP contribution in [0.4, 0.5) is 4.79 Å². The predicted molar refractivity (Wildman–Crippen MR) is 97.0 cm³/mol. The SMILES string of the molecule is Cc1ccc(S(=O)(=O)NC(=O)NNC(=O)CNC(=O)c2ccccc2)cc1. The fourth-order valence-electron chi connectivity index (χ4n) is 1.95. The molecule has 4 N–H and O–H groups in total. The highest BCUT2D eigenvalue weighted by Gasteiger charge is 2.17. The molecule has 2 rings (SSSR count). The molecule has 0 fully saturated rings. The highest BCUT2D eigenvalue weighted by molar-refractivity contribution is 7.90. The number of carbonyl (C=O) groups is 3. The largest absolute Gasteiger partial charge is 0.347 e. The molecule has 0 aliphatic rings. The Morgan fingerprint density at radius 3 is 2.15 bits per heavy atom. The van der Waals surface area contributed by atoms with Crippen molar-refractivity contribution in [3.05, 3.63) is 65.7 Å². The molecule has 0 spiro atoms. The fourth-order valence-corrected chi connectivity index (χ4v) is 2.85. The molecule has 142 valence electrons. The van der Waals surface area contributed by atoms with Gasteiger partial charge in [0.1, 0.15) is 0 Å². The van der Waals surface area contributed by atoms with E-state index in [0.29, 0.717) is 5.56 Å². The second-order valence-electron chi connectivity index (χ2n) is 5.47. The average molecular weight is 390 g/mol. The zero-order valence-electron chi connectivity index (χ0n) is 14.4. The number of amides is 4. The quantitative estimate of drug-likeness (QED) is 0.550. The van der Waals surface area contributed by atoms with Gasteiger partial charge in [-0.25, -0.2) is 23.4 Å². The molecule has 0 aliphatic heterocycles. The summed E-state index contributed by atoms with van der Waals surface area (Å²) in [5, 5.41) is 2.36. The number of carbonyl (C=O) groups excluding carboxylic acids is 3. The number of hydrazine groups is 1. The molecule has 10 heteroatoms. The molecule has 9 nitrogen and oxygen atoms in total. The van der Waals surface area contributed by atoms with Crippen LogP contribution < -0.4 is 20.9 Å². The van der Waals surface area contributed by atoms with Crippen molar-refractivity contribution in [3.63, 3.8) is 0 Å². The summed E-state index contributed by atoms with van der Waals surface area (Å²) in [7, 11) is -4.07. The zero-order chi connectivity index (χ0) is 19.9. The Bertz CT molecular complexity index is 928. The van der Waals surface area contributed by atoms with Gasteiger partial charge >= 0.3 is 6.03 Å². The first-order chi connectivity index (χ1) is 12.8. The lowest BCUT2D eigenvalue weighted by Crippen LogP contribution is -2.51. The first kappa shape index (κ1) is 19.9. The minimum absolute atomic E-state index is 0.0929. The Balaban J connectivity index is 1.78. The van der Waals surface area contributed by atoms with Gasteiger partial charge in [-0.2, -0.15) is 0 Å². The Morgan fingerprint density at radius 1 is 0.889 bits per heavy atom. The third kappa shape index (κ3) is 6.12. The van der Waals surface area contributed by atoms with E-state index in [1.165, 1.54) is 12.1 Å². The monoisotopic (exact) mass is 390 g/mol. The van der Waals surface area contributed by atoms with E-state index in [-0.39, 0.29) is 4.90 Å². The van der Waals surface area contributed by atoms with Gasteiger partial charge in [-0.3, -0.25) is 15.0 Å². The van der Waals surface area contributed by atoms with Gasteiger partial charge in [0, 0.05) is 5.56 Å². The van der Waals surface area contributed by atoms with E-state index in [4.69, 9.17) is 0 Å². The molecule has 0 aliphatic carbocycles. The van der Waals surface area contributed by atoms with E-state index in [2.05, 4.69) is 5.32 Å². The van der Waals surface area contributed by atoms with Crippen molar-refractivity contribution in [2.24, 2.45) is 0 Å². The summed E-state index contributed by atoms with van der Waals surface area (Å²) in [6.07, 6.45) is 0. The van der Waals surface area contributed by atoms with Crippen LogP contribution in [0.25, 0.3) is 0 Å². The van der Waals surface area contributed by atoms with Crippen LogP contribution in [0, 0.1) is 6.92 Å². The van der Waals surface area contributed by atoms with Crippen molar-refractivity contribution in [2.75, 3.05) is 6.54 Å². The summed E-state index contributed by atoms with van der Waals surface area (Å²) < 4.78 is 25.8. The van der Waals surface area contributed by atoms with E-state index < -0.39 is 34.4 Å². The average Bonchev–Trinajstić information content (AvgIpc) is 2.65. The molecule has 0 aromatic heterocycles. The van der Waals surface area contributed by atoms with E-state index in [0.717, 1.165) is 5.56 Å². The molecule has 0 heterocycles. The minimum atomic E-state index is -4.07. The molecule has 0 atom stereocenters. The minimum Gasteiger partial charge on any atom is -0.343 e. The number of aryl methyl sites for hydroxylation is 1. The van der Waals surface area contributed by atoms with Crippen LogP contribution in [0.5, 0.6) is 0 Å². The van der Waals surface area contributed by atoms with Gasteiger partial charge in [0.15, 0.2) is 0 Å². The maximum Gasteiger partial charge on any atom is 0.347 e. The lowest BCUT2D eigenvalue weighted by molar-refractivity contribution is -0.120. The number of urea groups is 1. The van der Waals surface area contributed by atoms with Crippen molar-refractivity contribution in [1.82, 2.24) is 20.9 Å². The highest BCUT2D eigenvalue weighted by Crippen LogP contribution is 2.09. The summed E-state index contributed by atoms with van der Waals surface area (Å²) in [5.74, 6) is -1.20. The number of benzene rings is 2. The molecular weight excluding hydrogens is 372 g/mol. The predicted octanol–water partition coefficient (Wildman–Crippen LogP) is 0.444. The van der Waals surface area contributed by atoms with Gasteiger partial charge in [-0.15, -0.1) is 0 Å². The Morgan fingerprint density at radius 2 is 1.52 bits per heavy atom. The number of nitrogens with one attached hydrogen (secondary N) is 4. The maximum atomic E-state index is 12.0. The van der Waals surface area contributed by atoms with Crippen LogP contribution >= 0.6 is 0 Å². The van der Waals surface area contributed by atoms with E-state index in [1.807, 2.05) is 10.9 Å². The molecule has 0 unspecified atom stereocenters. The van der Waals surface area contributed by atoms with Crippen molar-refractivity contribution in [2.45, 2.75) is 11.8 Å². The molecule has 0 radical (unpaired) electrons. The fraction of sp³-hybridized carbons (Fsp3) is 0.118. The number of hydrogen-bond acceptors (Lipinski definition) is 5. The first-order valence-electron chi connectivity index (χ1n) is 7.79. The second-order valence-corrected chi connectivity index (χ2v) is 7.15. The zero-order valence-corrected chi connectivity index (χ0v) is 15.2. The molecule has 2 aromatic carbocycles. The van der Waals surface area contributed by atoms with E-state index in [1.54, 1.807) is 54.1 Å². The van der Waals surface area contributed by atoms with Gasteiger partial charge in [0.05, 0.1) is 11.4 Å². The van der Waals surface area contributed by atoms with E-state index >= 15 is 0 Å². The molecule has 0 saturated carbocycles. The molecular formula is C17H18N4O5S. The van der Waals surface area contributed by atoms with Crippen LogP contribution in [0.2, 0.25) is 0 Å². The summed E-state index contributed by atoms with van der Waals surface area (Å²) in [6.45, 7) is 1.39. The third-order valence-electron chi connectivity index (χ3n) is 3.32. The molecule has 0 bridgehead atoms. The standard InChI is InChI=1S/C17H18N4O5S/c1-12-7-9-14(10-8-12)27(25,26)21-17(24)20-19-15(22)11-18-16(23)13-5-3-2-4-6-13/h2-10H,11H2,1H3,(H,18,23)(H,19,22)(H2,20,21,24). The second kappa shape index (κ2) is 8.81. The summed E-state index contributed by atoms with van der Waals surface area (Å²) >= 11 is 0. The van der Waals surface area contributed by atoms with Crippen molar-refractivity contribution in [3.8, 4) is 0 Å². The van der Waals surface area contributed by atoms with Gasteiger partial charge in [-0.05, 0) is 31.2 Å². The van der Waals surface area contributed by atoms with Crippen LogP contribution in [0.15, 0.2) is 59.5 Å². The molecule has 2 aromatic rings. The number of rotatable bonds is 5. The number of hydrogen-bond donors (Lipinski definition) is 4. The normalized spacial score (nSPS) is 10.6. The lowest BCUT2D eigenvalue weighted by atomic mass is 10.2. The smallest absolute Gasteiger partial charge is 0.343 e. The Kier molecular flexibility index (Phi) is 6.50. The highest BCUT2D eigenvalue weighted by atomic mass is 32.2. The number of sulfonamides is 1. The van der Waals surface area contributed by atoms with Gasteiger partial charge < -0.3 is 5.32 Å². The van der Waals surface area contributed by atoms with Gasteiger partial charge in [-0.1, -0.05) is 35.9 Å². The lowest BCUT2D eigenvalue weighted by Gasteiger charge is -2.10. The molecule has 27 heavy (non-hydrogen) atoms. The van der Waals surface area contributed by atoms with Crippen molar-refractivity contribution < 1.29 is 22.8 Å². The molecule has 0 saturated heterocycles. The van der Waals surface area contributed by atoms with Crippen LogP contribution in [-0.2, 0) is 14.8 Å². The molecule has 4 amide bonds. The van der Waals surface area contributed by atoms with Crippen molar-refractivity contribution >= 4 is 27.9 Å². The summed E-state index contributed by atoms with van der Waals surface area (Å²) in [4.78, 5) is 35.0. The summed E-state index contributed by atoms with van der Waals surface area (Å²) in [6, 6.07) is 13.0. The third-order valence-corrected chi connectivity index (χ3v) is 4.67. The van der Waals surface area contributed by atoms with Gasteiger partial charge in [0.2, 0.25) is 0 Å². The first-order valence-corrected chi connectivity index (χ1v) is 9.28. The summed E-state index contributed by atoms with van der Waals surface area (Å²) in [5.41, 5.74) is 5.13. The van der Waals surface area contributed by atoms with Crippen LogP contribution in [0.3, 0.4) is 0 Å².